The van der Waals surface area contributed by atoms with Crippen molar-refractivity contribution in [2.24, 2.45) is 0 Å². The second-order valence-corrected chi connectivity index (χ2v) is 4.19. The van der Waals surface area contributed by atoms with E-state index in [1.807, 2.05) is 6.07 Å². The normalized spacial score (nSPS) is 10.1. The number of aromatic nitrogens is 1. The van der Waals surface area contributed by atoms with E-state index < -0.39 is 22.4 Å². The molecule has 1 aromatic carbocycles. The SMILES string of the molecule is N#Cc1ccc(F)c(Cn2cc([N+](=O)[O-])cc2C(=O)O)c1. The quantitative estimate of drug-likeness (QED) is 0.685. The number of aromatic carboxylic acids is 1. The third kappa shape index (κ3) is 2.87. The minimum Gasteiger partial charge on any atom is -0.477 e. The highest BCUT2D eigenvalue weighted by Crippen LogP contribution is 2.19. The van der Waals surface area contributed by atoms with E-state index in [2.05, 4.69) is 0 Å². The second-order valence-electron chi connectivity index (χ2n) is 4.19. The van der Waals surface area contributed by atoms with Gasteiger partial charge in [-0.05, 0) is 18.2 Å². The fourth-order valence-electron chi connectivity index (χ4n) is 1.85. The predicted molar refractivity (Wildman–Crippen MR) is 68.3 cm³/mol. The van der Waals surface area contributed by atoms with Crippen molar-refractivity contribution in [2.75, 3.05) is 0 Å². The van der Waals surface area contributed by atoms with E-state index >= 15 is 0 Å². The molecule has 1 N–H and O–H groups in total. The molecule has 21 heavy (non-hydrogen) atoms. The van der Waals surface area contributed by atoms with Gasteiger partial charge in [-0.15, -0.1) is 0 Å². The lowest BCUT2D eigenvalue weighted by molar-refractivity contribution is -0.384. The molecule has 1 heterocycles. The van der Waals surface area contributed by atoms with Crippen LogP contribution in [0, 0.1) is 27.3 Å². The first-order valence-electron chi connectivity index (χ1n) is 5.68. The van der Waals surface area contributed by atoms with Crippen LogP contribution in [-0.2, 0) is 6.54 Å². The summed E-state index contributed by atoms with van der Waals surface area (Å²) < 4.78 is 14.7. The number of carboxylic acid groups (broad SMARTS) is 1. The van der Waals surface area contributed by atoms with Gasteiger partial charge in [0.25, 0.3) is 5.69 Å². The zero-order valence-corrected chi connectivity index (χ0v) is 10.5. The van der Waals surface area contributed by atoms with Gasteiger partial charge >= 0.3 is 5.97 Å². The molecule has 0 fully saturated rings. The summed E-state index contributed by atoms with van der Waals surface area (Å²) in [4.78, 5) is 21.0. The summed E-state index contributed by atoms with van der Waals surface area (Å²) in [5.41, 5.74) is -0.445. The molecule has 0 aliphatic heterocycles. The van der Waals surface area contributed by atoms with Crippen molar-refractivity contribution in [1.82, 2.24) is 4.57 Å². The first-order valence-corrected chi connectivity index (χ1v) is 5.68. The minimum atomic E-state index is -1.36. The van der Waals surface area contributed by atoms with Crippen LogP contribution in [0.4, 0.5) is 10.1 Å². The van der Waals surface area contributed by atoms with Crippen molar-refractivity contribution in [3.63, 3.8) is 0 Å². The Labute approximate surface area is 117 Å². The van der Waals surface area contributed by atoms with Gasteiger partial charge in [0.2, 0.25) is 0 Å². The smallest absolute Gasteiger partial charge is 0.352 e. The lowest BCUT2D eigenvalue weighted by atomic mass is 10.1. The van der Waals surface area contributed by atoms with Crippen molar-refractivity contribution < 1.29 is 19.2 Å². The molecule has 0 atom stereocenters. The summed E-state index contributed by atoms with van der Waals surface area (Å²) in [5.74, 6) is -1.98. The van der Waals surface area contributed by atoms with Crippen molar-refractivity contribution in [3.05, 3.63) is 63.2 Å². The monoisotopic (exact) mass is 289 g/mol. The first-order chi connectivity index (χ1) is 9.92. The molecule has 0 radical (unpaired) electrons. The van der Waals surface area contributed by atoms with Gasteiger partial charge in [-0.3, -0.25) is 10.1 Å². The van der Waals surface area contributed by atoms with Crippen molar-refractivity contribution in [2.45, 2.75) is 6.54 Å². The van der Waals surface area contributed by atoms with Crippen molar-refractivity contribution in [1.29, 1.82) is 5.26 Å². The van der Waals surface area contributed by atoms with Crippen LogP contribution in [0.5, 0.6) is 0 Å². The van der Waals surface area contributed by atoms with E-state index in [4.69, 9.17) is 10.4 Å². The number of rotatable bonds is 4. The number of nitrogens with zero attached hydrogens (tertiary/aromatic N) is 3. The average Bonchev–Trinajstić information content (AvgIpc) is 2.85. The molecule has 1 aromatic heterocycles. The highest BCUT2D eigenvalue weighted by Gasteiger charge is 2.19. The number of nitro groups is 1. The number of hydrogen-bond acceptors (Lipinski definition) is 4. The fraction of sp³-hybridized carbons (Fsp3) is 0.0769. The van der Waals surface area contributed by atoms with Gasteiger partial charge in [0.1, 0.15) is 11.5 Å². The average molecular weight is 289 g/mol. The Hall–Kier alpha value is -3.21. The van der Waals surface area contributed by atoms with E-state index in [0.717, 1.165) is 22.9 Å². The van der Waals surface area contributed by atoms with Gasteiger partial charge in [0, 0.05) is 11.6 Å². The second kappa shape index (κ2) is 5.42. The molecule has 2 rings (SSSR count). The number of carbonyl (C=O) groups is 1. The maximum atomic E-state index is 13.7. The molecule has 0 aliphatic rings. The number of hydrogen-bond donors (Lipinski definition) is 1. The third-order valence-electron chi connectivity index (χ3n) is 2.83. The van der Waals surface area contributed by atoms with Crippen LogP contribution in [0.15, 0.2) is 30.5 Å². The van der Waals surface area contributed by atoms with E-state index in [1.54, 1.807) is 0 Å². The summed E-state index contributed by atoms with van der Waals surface area (Å²) in [7, 11) is 0. The van der Waals surface area contributed by atoms with Gasteiger partial charge in [-0.1, -0.05) is 0 Å². The Morgan fingerprint density at radius 1 is 1.48 bits per heavy atom. The Morgan fingerprint density at radius 2 is 2.19 bits per heavy atom. The molecule has 0 saturated heterocycles. The molecule has 0 spiro atoms. The molecule has 0 aliphatic carbocycles. The highest BCUT2D eigenvalue weighted by atomic mass is 19.1. The molecule has 8 heteroatoms. The van der Waals surface area contributed by atoms with Gasteiger partial charge in [0.05, 0.1) is 29.3 Å². The van der Waals surface area contributed by atoms with Gasteiger partial charge in [0.15, 0.2) is 0 Å². The summed E-state index contributed by atoms with van der Waals surface area (Å²) in [6.07, 6.45) is 1.02. The molecule has 2 aromatic rings. The summed E-state index contributed by atoms with van der Waals surface area (Å²) in [6, 6.07) is 6.38. The maximum absolute atomic E-state index is 13.7. The summed E-state index contributed by atoms with van der Waals surface area (Å²) >= 11 is 0. The Kier molecular flexibility index (Phi) is 3.67. The minimum absolute atomic E-state index is 0.0713. The highest BCUT2D eigenvalue weighted by molar-refractivity contribution is 5.87. The number of nitriles is 1. The fourth-order valence-corrected chi connectivity index (χ4v) is 1.85. The molecule has 0 amide bonds. The number of carboxylic acids is 1. The first kappa shape index (κ1) is 14.2. The summed E-state index contributed by atoms with van der Waals surface area (Å²) in [6.45, 7) is -0.225. The maximum Gasteiger partial charge on any atom is 0.352 e. The molecule has 7 nitrogen and oxygen atoms in total. The topological polar surface area (TPSA) is 109 Å². The Bertz CT molecular complexity index is 776. The van der Waals surface area contributed by atoms with Crippen LogP contribution < -0.4 is 0 Å². The lowest BCUT2D eigenvalue weighted by Crippen LogP contribution is -2.09. The van der Waals surface area contributed by atoms with Crippen molar-refractivity contribution in [3.8, 4) is 6.07 Å². The van der Waals surface area contributed by atoms with Gasteiger partial charge in [-0.25, -0.2) is 9.18 Å². The Morgan fingerprint density at radius 3 is 2.76 bits per heavy atom. The number of benzene rings is 1. The molecular weight excluding hydrogens is 281 g/mol. The van der Waals surface area contributed by atoms with Crippen LogP contribution in [0.25, 0.3) is 0 Å². The molecule has 0 saturated carbocycles. The number of halogens is 1. The molecule has 0 unspecified atom stereocenters. The van der Waals surface area contributed by atoms with E-state index in [1.165, 1.54) is 12.1 Å². The van der Waals surface area contributed by atoms with Gasteiger partial charge in [-0.2, -0.15) is 5.26 Å². The summed E-state index contributed by atoms with van der Waals surface area (Å²) in [5, 5.41) is 28.5. The van der Waals surface area contributed by atoms with Crippen LogP contribution in [0.2, 0.25) is 0 Å². The zero-order chi connectivity index (χ0) is 15.6. The predicted octanol–water partition coefficient (Wildman–Crippen LogP) is 2.15. The van der Waals surface area contributed by atoms with Crippen LogP contribution in [0.1, 0.15) is 21.6 Å². The Balaban J connectivity index is 2.46. The van der Waals surface area contributed by atoms with E-state index in [9.17, 15) is 19.3 Å². The standard InChI is InChI=1S/C13H8FN3O4/c14-11-2-1-8(5-15)3-9(11)6-16-7-10(17(20)21)4-12(16)13(18)19/h1-4,7H,6H2,(H,18,19). The third-order valence-corrected chi connectivity index (χ3v) is 2.83. The van der Waals surface area contributed by atoms with Crippen LogP contribution in [0.3, 0.4) is 0 Å². The van der Waals surface area contributed by atoms with E-state index in [0.29, 0.717) is 0 Å². The van der Waals surface area contributed by atoms with Gasteiger partial charge < -0.3 is 9.67 Å². The zero-order valence-electron chi connectivity index (χ0n) is 10.5. The molecule has 106 valence electrons. The largest absolute Gasteiger partial charge is 0.477 e. The van der Waals surface area contributed by atoms with Crippen LogP contribution in [-0.4, -0.2) is 20.6 Å². The van der Waals surface area contributed by atoms with E-state index in [-0.39, 0.29) is 23.4 Å². The molecule has 0 bridgehead atoms. The lowest BCUT2D eigenvalue weighted by Gasteiger charge is -2.07. The molecular formula is C13H8FN3O4. The van der Waals surface area contributed by atoms with Crippen molar-refractivity contribution >= 4 is 11.7 Å². The van der Waals surface area contributed by atoms with Crippen LogP contribution >= 0.6 is 0 Å².